The highest BCUT2D eigenvalue weighted by molar-refractivity contribution is 9.10. The Labute approximate surface area is 249 Å². The van der Waals surface area contributed by atoms with Crippen LogP contribution in [0.2, 0.25) is 0 Å². The van der Waals surface area contributed by atoms with Crippen LogP contribution in [0.5, 0.6) is 17.2 Å². The summed E-state index contributed by atoms with van der Waals surface area (Å²) in [5, 5.41) is 12.1. The highest BCUT2D eigenvalue weighted by atomic mass is 79.9. The number of aliphatic hydroxyl groups excluding tert-OH is 1. The van der Waals surface area contributed by atoms with Crippen LogP contribution in [-0.2, 0) is 16.0 Å². The number of carbonyl (C=O) groups excluding carboxylic acids is 1. The highest BCUT2D eigenvalue weighted by Gasteiger charge is 2.52. The number of nitrogens with one attached hydrogen (secondary N) is 1. The number of rotatable bonds is 14. The van der Waals surface area contributed by atoms with Gasteiger partial charge in [-0.3, -0.25) is 4.79 Å². The number of ether oxygens (including phenoxy) is 4. The van der Waals surface area contributed by atoms with Crippen LogP contribution in [0.1, 0.15) is 35.6 Å². The molecule has 0 aliphatic carbocycles. The molecule has 2 N–H and O–H groups in total. The van der Waals surface area contributed by atoms with E-state index in [1.165, 1.54) is 0 Å². The van der Waals surface area contributed by atoms with Crippen LogP contribution >= 0.6 is 15.9 Å². The number of aliphatic hydroxyl groups is 1. The van der Waals surface area contributed by atoms with Gasteiger partial charge in [0.1, 0.15) is 17.2 Å². The number of aliphatic imine (C=N–C) groups is 1. The molecule has 0 saturated carbocycles. The molecule has 3 aromatic rings. The molecule has 3 aromatic carbocycles. The SMILES string of the molecule is C=CC[C@@]1(C(=O)NCCc2cc(OC)ccc2OC)N=C(c2ccc(OCCCO)cc2)O[C@@H]1c1ccccc1Br. The van der Waals surface area contributed by atoms with E-state index in [0.717, 1.165) is 26.9 Å². The lowest BCUT2D eigenvalue weighted by Crippen LogP contribution is -2.48. The predicted molar refractivity (Wildman–Crippen MR) is 162 cm³/mol. The molecule has 1 amide bonds. The van der Waals surface area contributed by atoms with E-state index in [9.17, 15) is 4.79 Å². The Morgan fingerprint density at radius 1 is 1.12 bits per heavy atom. The van der Waals surface area contributed by atoms with Gasteiger partial charge < -0.3 is 29.4 Å². The first-order chi connectivity index (χ1) is 19.9. The maximum atomic E-state index is 14.0. The molecule has 0 bridgehead atoms. The van der Waals surface area contributed by atoms with Gasteiger partial charge in [0, 0.05) is 41.6 Å². The second-order valence-corrected chi connectivity index (χ2v) is 10.3. The lowest BCUT2D eigenvalue weighted by Gasteiger charge is -2.30. The third-order valence-corrected chi connectivity index (χ3v) is 7.56. The second-order valence-electron chi connectivity index (χ2n) is 9.49. The van der Waals surface area contributed by atoms with Crippen molar-refractivity contribution in [1.29, 1.82) is 0 Å². The van der Waals surface area contributed by atoms with E-state index in [1.807, 2.05) is 66.7 Å². The largest absolute Gasteiger partial charge is 0.497 e. The molecule has 0 unspecified atom stereocenters. The van der Waals surface area contributed by atoms with Crippen molar-refractivity contribution in [3.63, 3.8) is 0 Å². The third-order valence-electron chi connectivity index (χ3n) is 6.84. The monoisotopic (exact) mass is 622 g/mol. The molecule has 41 heavy (non-hydrogen) atoms. The van der Waals surface area contributed by atoms with Gasteiger partial charge in [0.2, 0.25) is 5.90 Å². The van der Waals surface area contributed by atoms with Crippen molar-refractivity contribution in [2.75, 3.05) is 34.0 Å². The minimum atomic E-state index is -1.28. The van der Waals surface area contributed by atoms with Crippen molar-refractivity contribution in [3.8, 4) is 17.2 Å². The predicted octanol–water partition coefficient (Wildman–Crippen LogP) is 5.42. The van der Waals surface area contributed by atoms with Gasteiger partial charge in [0.05, 0.1) is 20.8 Å². The Morgan fingerprint density at radius 3 is 2.56 bits per heavy atom. The van der Waals surface area contributed by atoms with Crippen molar-refractivity contribution in [1.82, 2.24) is 5.32 Å². The molecule has 1 aliphatic heterocycles. The van der Waals surface area contributed by atoms with E-state index in [1.54, 1.807) is 20.3 Å². The first-order valence-corrected chi connectivity index (χ1v) is 14.2. The van der Waals surface area contributed by atoms with Crippen LogP contribution in [-0.4, -0.2) is 56.4 Å². The Hall–Kier alpha value is -3.82. The molecule has 1 aliphatic rings. The quantitative estimate of drug-likeness (QED) is 0.184. The topological polar surface area (TPSA) is 98.6 Å². The number of benzene rings is 3. The summed E-state index contributed by atoms with van der Waals surface area (Å²) in [4.78, 5) is 19.0. The number of carbonyl (C=O) groups is 1. The fourth-order valence-electron chi connectivity index (χ4n) is 4.74. The second kappa shape index (κ2) is 14.2. The fraction of sp³-hybridized carbons (Fsp3) is 0.312. The molecular weight excluding hydrogens is 588 g/mol. The number of amides is 1. The van der Waals surface area contributed by atoms with Gasteiger partial charge in [-0.05, 0) is 60.5 Å². The third kappa shape index (κ3) is 6.92. The summed E-state index contributed by atoms with van der Waals surface area (Å²) >= 11 is 3.64. The summed E-state index contributed by atoms with van der Waals surface area (Å²) in [6.45, 7) is 4.78. The maximum absolute atomic E-state index is 14.0. The van der Waals surface area contributed by atoms with Crippen LogP contribution in [0.3, 0.4) is 0 Å². The van der Waals surface area contributed by atoms with E-state index < -0.39 is 11.6 Å². The fourth-order valence-corrected chi connectivity index (χ4v) is 5.23. The molecule has 1 heterocycles. The Morgan fingerprint density at radius 2 is 1.88 bits per heavy atom. The Balaban J connectivity index is 1.63. The van der Waals surface area contributed by atoms with Crippen molar-refractivity contribution in [2.45, 2.75) is 30.9 Å². The molecule has 8 nitrogen and oxygen atoms in total. The van der Waals surface area contributed by atoms with Gasteiger partial charge in [-0.25, -0.2) is 4.99 Å². The summed E-state index contributed by atoms with van der Waals surface area (Å²) in [5.41, 5.74) is 1.16. The van der Waals surface area contributed by atoms with Crippen molar-refractivity contribution >= 4 is 27.7 Å². The van der Waals surface area contributed by atoms with Crippen LogP contribution < -0.4 is 19.5 Å². The number of nitrogens with zero attached hydrogens (tertiary/aromatic N) is 1. The first kappa shape index (κ1) is 30.1. The molecule has 0 saturated heterocycles. The summed E-state index contributed by atoms with van der Waals surface area (Å²) in [6.07, 6.45) is 2.35. The van der Waals surface area contributed by atoms with Crippen molar-refractivity contribution in [3.05, 3.63) is 101 Å². The number of hydrogen-bond acceptors (Lipinski definition) is 7. The van der Waals surface area contributed by atoms with Gasteiger partial charge >= 0.3 is 0 Å². The minimum Gasteiger partial charge on any atom is -0.497 e. The molecule has 4 rings (SSSR count). The normalized spacial score (nSPS) is 17.8. The highest BCUT2D eigenvalue weighted by Crippen LogP contribution is 2.44. The average molecular weight is 624 g/mol. The molecule has 2 atom stereocenters. The molecule has 0 radical (unpaired) electrons. The zero-order valence-corrected chi connectivity index (χ0v) is 24.9. The smallest absolute Gasteiger partial charge is 0.252 e. The van der Waals surface area contributed by atoms with Crippen molar-refractivity contribution < 1.29 is 28.8 Å². The van der Waals surface area contributed by atoms with E-state index in [0.29, 0.717) is 43.4 Å². The van der Waals surface area contributed by atoms with Crippen LogP contribution in [0.25, 0.3) is 0 Å². The molecule has 9 heteroatoms. The average Bonchev–Trinajstić information content (AvgIpc) is 3.38. The number of halogens is 1. The number of hydrogen-bond donors (Lipinski definition) is 2. The van der Waals surface area contributed by atoms with E-state index in [2.05, 4.69) is 27.8 Å². The first-order valence-electron chi connectivity index (χ1n) is 13.4. The van der Waals surface area contributed by atoms with E-state index in [-0.39, 0.29) is 18.9 Å². The van der Waals surface area contributed by atoms with Crippen LogP contribution in [0.15, 0.2) is 88.9 Å². The van der Waals surface area contributed by atoms with Gasteiger partial charge in [-0.2, -0.15) is 0 Å². The minimum absolute atomic E-state index is 0.0691. The molecular formula is C32H35BrN2O6. The standard InChI is InChI=1S/C32H35BrN2O6/c1-4-17-32(31(37)34-18-16-23-21-25(38-2)14-15-28(23)39-3)29(26-8-5-6-9-27(26)33)41-30(35-32)22-10-12-24(13-11-22)40-20-7-19-36/h4-6,8-15,21,29,36H,1,7,16-20H2,2-3H3,(H,34,37)/t29-,32-/m1/s1. The lowest BCUT2D eigenvalue weighted by molar-refractivity contribution is -0.128. The van der Waals surface area contributed by atoms with E-state index >= 15 is 0 Å². The Bertz CT molecular complexity index is 1380. The summed E-state index contributed by atoms with van der Waals surface area (Å²) < 4.78 is 23.8. The Kier molecular flexibility index (Phi) is 10.4. The maximum Gasteiger partial charge on any atom is 0.252 e. The van der Waals surface area contributed by atoms with Crippen molar-refractivity contribution in [2.24, 2.45) is 4.99 Å². The lowest BCUT2D eigenvalue weighted by atomic mass is 9.84. The molecule has 0 aromatic heterocycles. The summed E-state index contributed by atoms with van der Waals surface area (Å²) in [7, 11) is 3.23. The summed E-state index contributed by atoms with van der Waals surface area (Å²) in [5.74, 6) is 2.21. The summed E-state index contributed by atoms with van der Waals surface area (Å²) in [6, 6.07) is 20.6. The molecule has 0 spiro atoms. The number of methoxy groups -OCH3 is 2. The van der Waals surface area contributed by atoms with Gasteiger partial charge in [0.25, 0.3) is 5.91 Å². The van der Waals surface area contributed by atoms with Gasteiger partial charge in [0.15, 0.2) is 11.6 Å². The van der Waals surface area contributed by atoms with E-state index in [4.69, 9.17) is 29.0 Å². The van der Waals surface area contributed by atoms with Crippen LogP contribution in [0.4, 0.5) is 0 Å². The molecule has 0 fully saturated rings. The van der Waals surface area contributed by atoms with Crippen LogP contribution in [0, 0.1) is 0 Å². The zero-order valence-electron chi connectivity index (χ0n) is 23.3. The zero-order chi connectivity index (χ0) is 29.2. The van der Waals surface area contributed by atoms with Gasteiger partial charge in [-0.15, -0.1) is 6.58 Å². The molecule has 216 valence electrons. The van der Waals surface area contributed by atoms with Gasteiger partial charge in [-0.1, -0.05) is 40.2 Å².